The van der Waals surface area contributed by atoms with Gasteiger partial charge in [0.1, 0.15) is 0 Å². The highest BCUT2D eigenvalue weighted by Crippen LogP contribution is 2.21. The van der Waals surface area contributed by atoms with E-state index in [1.54, 1.807) is 18.3 Å². The summed E-state index contributed by atoms with van der Waals surface area (Å²) in [5, 5.41) is 6.95. The average Bonchev–Trinajstić information content (AvgIpc) is 3.01. The summed E-state index contributed by atoms with van der Waals surface area (Å²) in [5.74, 6) is -0.835. The number of carbonyl (C=O) groups is 2. The van der Waals surface area contributed by atoms with Crippen LogP contribution in [-0.2, 0) is 4.74 Å². The number of esters is 1. The normalized spacial score (nSPS) is 10.6. The van der Waals surface area contributed by atoms with E-state index in [2.05, 4.69) is 25.1 Å². The minimum atomic E-state index is -0.596. The molecular formula is C15H12ClN5O3. The number of aryl methyl sites for hydroxylation is 1. The third-order valence-corrected chi connectivity index (χ3v) is 3.59. The lowest BCUT2D eigenvalue weighted by Gasteiger charge is -2.06. The van der Waals surface area contributed by atoms with Crippen molar-refractivity contribution in [1.29, 1.82) is 0 Å². The molecule has 8 nitrogen and oxygen atoms in total. The molecule has 2 aromatic heterocycles. The Morgan fingerprint density at radius 2 is 2.08 bits per heavy atom. The van der Waals surface area contributed by atoms with Crippen LogP contribution in [0.2, 0.25) is 5.02 Å². The van der Waals surface area contributed by atoms with Gasteiger partial charge in [-0.25, -0.2) is 14.3 Å². The molecule has 0 atom stereocenters. The van der Waals surface area contributed by atoms with E-state index >= 15 is 0 Å². The standard InChI is InChI=1S/C15H12ClN5O3/c1-8-5-6-17-15-19-12(20-21(8)15)13(22)18-9-3-4-11(16)10(7-9)14(23)24-2/h3-7H,1-2H3,(H,18,22). The summed E-state index contributed by atoms with van der Waals surface area (Å²) < 4.78 is 6.11. The van der Waals surface area contributed by atoms with Crippen molar-refractivity contribution in [3.05, 3.63) is 52.6 Å². The third kappa shape index (κ3) is 2.91. The Labute approximate surface area is 141 Å². The first kappa shape index (κ1) is 15.9. The number of aromatic nitrogens is 4. The molecule has 1 aromatic carbocycles. The lowest BCUT2D eigenvalue weighted by molar-refractivity contribution is 0.0600. The summed E-state index contributed by atoms with van der Waals surface area (Å²) >= 11 is 5.94. The molecule has 0 aliphatic heterocycles. The number of halogens is 1. The zero-order valence-electron chi connectivity index (χ0n) is 12.8. The zero-order valence-corrected chi connectivity index (χ0v) is 13.5. The van der Waals surface area contributed by atoms with Gasteiger partial charge in [0.2, 0.25) is 5.82 Å². The quantitative estimate of drug-likeness (QED) is 0.730. The molecule has 3 rings (SSSR count). The van der Waals surface area contributed by atoms with Crippen LogP contribution in [-0.4, -0.2) is 38.6 Å². The fourth-order valence-corrected chi connectivity index (χ4v) is 2.25. The molecule has 3 aromatic rings. The number of hydrogen-bond acceptors (Lipinski definition) is 6. The van der Waals surface area contributed by atoms with E-state index in [9.17, 15) is 9.59 Å². The third-order valence-electron chi connectivity index (χ3n) is 3.26. The van der Waals surface area contributed by atoms with Crippen LogP contribution < -0.4 is 5.32 Å². The smallest absolute Gasteiger partial charge is 0.339 e. The van der Waals surface area contributed by atoms with Crippen LogP contribution in [0.15, 0.2) is 30.5 Å². The summed E-state index contributed by atoms with van der Waals surface area (Å²) in [4.78, 5) is 32.1. The molecule has 24 heavy (non-hydrogen) atoms. The van der Waals surface area contributed by atoms with Crippen LogP contribution >= 0.6 is 11.6 Å². The van der Waals surface area contributed by atoms with Gasteiger partial charge < -0.3 is 10.1 Å². The Balaban J connectivity index is 1.88. The Morgan fingerprint density at radius 1 is 1.29 bits per heavy atom. The van der Waals surface area contributed by atoms with Gasteiger partial charge in [-0.3, -0.25) is 4.79 Å². The van der Waals surface area contributed by atoms with Crippen LogP contribution in [0.1, 0.15) is 26.7 Å². The van der Waals surface area contributed by atoms with Crippen molar-refractivity contribution in [2.75, 3.05) is 12.4 Å². The summed E-state index contributed by atoms with van der Waals surface area (Å²) in [6.45, 7) is 1.83. The monoisotopic (exact) mass is 345 g/mol. The Hall–Kier alpha value is -3.00. The number of benzene rings is 1. The maximum atomic E-state index is 12.3. The van der Waals surface area contributed by atoms with Gasteiger partial charge in [0.25, 0.3) is 11.7 Å². The number of fused-ring (bicyclic) bond motifs is 1. The molecule has 1 N–H and O–H groups in total. The maximum absolute atomic E-state index is 12.3. The molecule has 2 heterocycles. The number of amides is 1. The van der Waals surface area contributed by atoms with Gasteiger partial charge in [0.05, 0.1) is 17.7 Å². The van der Waals surface area contributed by atoms with Crippen molar-refractivity contribution < 1.29 is 14.3 Å². The second-order valence-corrected chi connectivity index (χ2v) is 5.28. The molecule has 0 fully saturated rings. The number of nitrogens with one attached hydrogen (secondary N) is 1. The van der Waals surface area contributed by atoms with E-state index in [4.69, 9.17) is 11.6 Å². The topological polar surface area (TPSA) is 98.5 Å². The molecule has 0 bridgehead atoms. The van der Waals surface area contributed by atoms with Gasteiger partial charge in [-0.15, -0.1) is 5.10 Å². The molecule has 0 unspecified atom stereocenters. The lowest BCUT2D eigenvalue weighted by atomic mass is 10.2. The number of ether oxygens (including phenoxy) is 1. The summed E-state index contributed by atoms with van der Waals surface area (Å²) in [6, 6.07) is 6.23. The molecule has 1 amide bonds. The first-order valence-corrected chi connectivity index (χ1v) is 7.25. The molecule has 0 aliphatic rings. The molecule has 0 saturated carbocycles. The molecule has 0 radical (unpaired) electrons. The number of methoxy groups -OCH3 is 1. The van der Waals surface area contributed by atoms with Gasteiger partial charge in [0, 0.05) is 17.6 Å². The van der Waals surface area contributed by atoms with Crippen molar-refractivity contribution in [2.24, 2.45) is 0 Å². The van der Waals surface area contributed by atoms with E-state index in [0.717, 1.165) is 5.69 Å². The summed E-state index contributed by atoms with van der Waals surface area (Å²) in [7, 11) is 1.25. The fraction of sp³-hybridized carbons (Fsp3) is 0.133. The number of anilines is 1. The molecule has 0 aliphatic carbocycles. The van der Waals surface area contributed by atoms with Crippen LogP contribution in [0.5, 0.6) is 0 Å². The van der Waals surface area contributed by atoms with Crippen LogP contribution in [0, 0.1) is 6.92 Å². The van der Waals surface area contributed by atoms with Gasteiger partial charge in [-0.05, 0) is 31.2 Å². The Morgan fingerprint density at radius 3 is 2.79 bits per heavy atom. The first-order chi connectivity index (χ1) is 11.5. The van der Waals surface area contributed by atoms with Gasteiger partial charge in [0.15, 0.2) is 0 Å². The van der Waals surface area contributed by atoms with Crippen LogP contribution in [0.3, 0.4) is 0 Å². The lowest BCUT2D eigenvalue weighted by Crippen LogP contribution is -2.14. The first-order valence-electron chi connectivity index (χ1n) is 6.87. The largest absolute Gasteiger partial charge is 0.465 e. The second kappa shape index (κ2) is 6.25. The van der Waals surface area contributed by atoms with E-state index in [1.165, 1.54) is 23.8 Å². The zero-order chi connectivity index (χ0) is 17.3. The van der Waals surface area contributed by atoms with Gasteiger partial charge in [-0.1, -0.05) is 11.6 Å². The van der Waals surface area contributed by atoms with Gasteiger partial charge >= 0.3 is 5.97 Å². The summed E-state index contributed by atoms with van der Waals surface area (Å²) in [5.41, 5.74) is 1.32. The number of rotatable bonds is 3. The van der Waals surface area contributed by atoms with Crippen molar-refractivity contribution in [1.82, 2.24) is 19.6 Å². The maximum Gasteiger partial charge on any atom is 0.339 e. The number of carbonyl (C=O) groups excluding carboxylic acids is 2. The predicted molar refractivity (Wildman–Crippen MR) is 86.3 cm³/mol. The highest BCUT2D eigenvalue weighted by Gasteiger charge is 2.17. The Kier molecular flexibility index (Phi) is 4.13. The molecule has 0 spiro atoms. The van der Waals surface area contributed by atoms with E-state index in [1.807, 2.05) is 6.92 Å². The molecule has 122 valence electrons. The van der Waals surface area contributed by atoms with Crippen molar-refractivity contribution >= 4 is 34.9 Å². The van der Waals surface area contributed by atoms with Crippen molar-refractivity contribution in [3.63, 3.8) is 0 Å². The van der Waals surface area contributed by atoms with Crippen molar-refractivity contribution in [3.8, 4) is 0 Å². The number of hydrogen-bond donors (Lipinski definition) is 1. The predicted octanol–water partition coefficient (Wildman–Crippen LogP) is 2.13. The highest BCUT2D eigenvalue weighted by molar-refractivity contribution is 6.33. The minimum absolute atomic E-state index is 0.0358. The molecule has 0 saturated heterocycles. The molecular weight excluding hydrogens is 334 g/mol. The van der Waals surface area contributed by atoms with Crippen LogP contribution in [0.4, 0.5) is 5.69 Å². The highest BCUT2D eigenvalue weighted by atomic mass is 35.5. The minimum Gasteiger partial charge on any atom is -0.465 e. The van der Waals surface area contributed by atoms with Crippen LogP contribution in [0.25, 0.3) is 5.78 Å². The van der Waals surface area contributed by atoms with E-state index in [0.29, 0.717) is 11.5 Å². The number of nitrogens with zero attached hydrogens (tertiary/aromatic N) is 4. The van der Waals surface area contributed by atoms with E-state index in [-0.39, 0.29) is 16.4 Å². The second-order valence-electron chi connectivity index (χ2n) is 4.87. The van der Waals surface area contributed by atoms with Crippen molar-refractivity contribution in [2.45, 2.75) is 6.92 Å². The fourth-order valence-electron chi connectivity index (χ4n) is 2.06. The summed E-state index contributed by atoms with van der Waals surface area (Å²) in [6.07, 6.45) is 1.59. The average molecular weight is 346 g/mol. The van der Waals surface area contributed by atoms with Gasteiger partial charge in [-0.2, -0.15) is 4.98 Å². The SMILES string of the molecule is COC(=O)c1cc(NC(=O)c2nc3nccc(C)n3n2)ccc1Cl. The van der Waals surface area contributed by atoms with E-state index < -0.39 is 11.9 Å². The Bertz CT molecular complexity index is 953. The molecule has 9 heteroatoms.